The van der Waals surface area contributed by atoms with Gasteiger partial charge in [0.15, 0.2) is 0 Å². The third kappa shape index (κ3) is 3.33. The molecule has 0 spiro atoms. The van der Waals surface area contributed by atoms with Gasteiger partial charge in [-0.25, -0.2) is 4.68 Å². The predicted octanol–water partition coefficient (Wildman–Crippen LogP) is 2.35. The zero-order chi connectivity index (χ0) is 14.7. The first-order valence-corrected chi connectivity index (χ1v) is 6.87. The lowest BCUT2D eigenvalue weighted by atomic mass is 10.2. The number of aromatic nitrogens is 2. The monoisotopic (exact) mass is 271 g/mol. The van der Waals surface area contributed by atoms with Crippen molar-refractivity contribution < 1.29 is 0 Å². The van der Waals surface area contributed by atoms with Crippen LogP contribution in [-0.4, -0.2) is 15.8 Å². The number of benzene rings is 1. The van der Waals surface area contributed by atoms with E-state index < -0.39 is 0 Å². The molecule has 0 amide bonds. The van der Waals surface area contributed by atoms with Gasteiger partial charge in [-0.15, -0.1) is 0 Å². The minimum Gasteiger partial charge on any atom is -0.309 e. The minimum absolute atomic E-state index is 0.0143. The number of rotatable bonds is 4. The van der Waals surface area contributed by atoms with Crippen molar-refractivity contribution in [3.8, 4) is 5.69 Å². The molecule has 1 heterocycles. The molecule has 0 saturated heterocycles. The Bertz CT molecular complexity index is 659. The van der Waals surface area contributed by atoms with Crippen LogP contribution in [0, 0.1) is 13.8 Å². The van der Waals surface area contributed by atoms with E-state index in [0.717, 1.165) is 11.4 Å². The van der Waals surface area contributed by atoms with Gasteiger partial charge in [0.25, 0.3) is 0 Å². The molecule has 0 radical (unpaired) electrons. The number of hydrogen-bond donors (Lipinski definition) is 1. The fourth-order valence-corrected chi connectivity index (χ4v) is 2.03. The number of hydrogen-bond acceptors (Lipinski definition) is 3. The molecule has 0 saturated carbocycles. The van der Waals surface area contributed by atoms with Crippen molar-refractivity contribution in [2.45, 2.75) is 40.3 Å². The first-order chi connectivity index (χ1) is 9.47. The fourth-order valence-electron chi connectivity index (χ4n) is 2.03. The van der Waals surface area contributed by atoms with E-state index in [1.54, 1.807) is 6.07 Å². The van der Waals surface area contributed by atoms with E-state index in [2.05, 4.69) is 16.5 Å². The number of nitrogens with one attached hydrogen (secondary N) is 1. The maximum Gasteiger partial charge on any atom is 0.204 e. The Morgan fingerprint density at radius 2 is 2.00 bits per heavy atom. The summed E-state index contributed by atoms with van der Waals surface area (Å²) in [6, 6.07) is 10.1. The zero-order valence-electron chi connectivity index (χ0n) is 12.5. The van der Waals surface area contributed by atoms with Crippen molar-refractivity contribution in [3.05, 3.63) is 57.5 Å². The van der Waals surface area contributed by atoms with Gasteiger partial charge < -0.3 is 5.32 Å². The van der Waals surface area contributed by atoms with Crippen LogP contribution in [0.3, 0.4) is 0 Å². The molecule has 1 N–H and O–H groups in total. The van der Waals surface area contributed by atoms with E-state index in [1.807, 2.05) is 50.6 Å². The molecule has 4 heteroatoms. The van der Waals surface area contributed by atoms with E-state index in [0.29, 0.717) is 18.3 Å². The first kappa shape index (κ1) is 14.5. The third-order valence-corrected chi connectivity index (χ3v) is 3.10. The third-order valence-electron chi connectivity index (χ3n) is 3.10. The summed E-state index contributed by atoms with van der Waals surface area (Å²) in [5.41, 5.74) is 3.52. The molecule has 1 aromatic heterocycles. The lowest BCUT2D eigenvalue weighted by Gasteiger charge is -2.13. The van der Waals surface area contributed by atoms with Crippen LogP contribution in [0.1, 0.15) is 30.8 Å². The van der Waals surface area contributed by atoms with E-state index in [-0.39, 0.29) is 5.43 Å². The summed E-state index contributed by atoms with van der Waals surface area (Å²) in [4.78, 5) is 12.0. The van der Waals surface area contributed by atoms with Crippen LogP contribution in [-0.2, 0) is 6.54 Å². The Hall–Kier alpha value is -1.94. The molecule has 0 unspecified atom stereocenters. The summed E-state index contributed by atoms with van der Waals surface area (Å²) < 4.78 is 1.83. The van der Waals surface area contributed by atoms with Gasteiger partial charge in [0.05, 0.1) is 5.69 Å². The smallest absolute Gasteiger partial charge is 0.204 e. The molecule has 20 heavy (non-hydrogen) atoms. The van der Waals surface area contributed by atoms with Crippen molar-refractivity contribution in [2.75, 3.05) is 0 Å². The molecule has 0 bridgehead atoms. The van der Waals surface area contributed by atoms with Gasteiger partial charge in [-0.3, -0.25) is 4.79 Å². The topological polar surface area (TPSA) is 46.9 Å². The molecule has 0 aliphatic heterocycles. The summed E-state index contributed by atoms with van der Waals surface area (Å²) in [7, 11) is 0. The quantitative estimate of drug-likeness (QED) is 0.928. The highest BCUT2D eigenvalue weighted by molar-refractivity contribution is 5.36. The van der Waals surface area contributed by atoms with Crippen LogP contribution < -0.4 is 10.7 Å². The highest BCUT2D eigenvalue weighted by Gasteiger charge is 2.08. The summed E-state index contributed by atoms with van der Waals surface area (Å²) in [5.74, 6) is 0. The molecule has 4 nitrogen and oxygen atoms in total. The van der Waals surface area contributed by atoms with Crippen LogP contribution in [0.15, 0.2) is 35.1 Å². The van der Waals surface area contributed by atoms with Gasteiger partial charge in [0.1, 0.15) is 5.69 Å². The van der Waals surface area contributed by atoms with Crippen LogP contribution in [0.25, 0.3) is 5.69 Å². The molecular weight excluding hydrogens is 250 g/mol. The van der Waals surface area contributed by atoms with E-state index in [1.165, 1.54) is 5.56 Å². The summed E-state index contributed by atoms with van der Waals surface area (Å²) >= 11 is 0. The Labute approximate surface area is 119 Å². The molecule has 0 atom stereocenters. The summed E-state index contributed by atoms with van der Waals surface area (Å²) in [6.07, 6.45) is 0. The van der Waals surface area contributed by atoms with Gasteiger partial charge in [0.2, 0.25) is 5.43 Å². The second-order valence-corrected chi connectivity index (χ2v) is 5.38. The largest absolute Gasteiger partial charge is 0.309 e. The predicted molar refractivity (Wildman–Crippen MR) is 81.3 cm³/mol. The standard InChI is InChI=1S/C16H21N3O/c1-11(2)17-10-15-16(20)9-13(4)19(18-15)14-7-5-6-12(3)8-14/h5-9,11,17H,10H2,1-4H3. The second kappa shape index (κ2) is 6.01. The molecular formula is C16H21N3O. The average molecular weight is 271 g/mol. The van der Waals surface area contributed by atoms with Gasteiger partial charge in [-0.1, -0.05) is 26.0 Å². The highest BCUT2D eigenvalue weighted by atomic mass is 16.1. The molecule has 2 rings (SSSR count). The van der Waals surface area contributed by atoms with Gasteiger partial charge in [-0.05, 0) is 31.5 Å². The van der Waals surface area contributed by atoms with Crippen molar-refractivity contribution in [1.29, 1.82) is 0 Å². The molecule has 2 aromatic rings. The maximum absolute atomic E-state index is 12.0. The van der Waals surface area contributed by atoms with Crippen LogP contribution in [0.4, 0.5) is 0 Å². The second-order valence-electron chi connectivity index (χ2n) is 5.38. The van der Waals surface area contributed by atoms with E-state index >= 15 is 0 Å². The molecule has 0 aliphatic rings. The Morgan fingerprint density at radius 1 is 1.25 bits per heavy atom. The summed E-state index contributed by atoms with van der Waals surface area (Å²) in [5, 5.41) is 7.73. The molecule has 0 aliphatic carbocycles. The van der Waals surface area contributed by atoms with Crippen LogP contribution in [0.2, 0.25) is 0 Å². The Balaban J connectivity index is 2.43. The number of nitrogens with zero attached hydrogens (tertiary/aromatic N) is 2. The zero-order valence-corrected chi connectivity index (χ0v) is 12.5. The Kier molecular flexibility index (Phi) is 4.35. The van der Waals surface area contributed by atoms with Gasteiger partial charge in [-0.2, -0.15) is 5.10 Å². The average Bonchev–Trinajstić information content (AvgIpc) is 2.37. The first-order valence-electron chi connectivity index (χ1n) is 6.87. The SMILES string of the molecule is Cc1cccc(-n2nc(CNC(C)C)c(=O)cc2C)c1. The van der Waals surface area contributed by atoms with Crippen LogP contribution in [0.5, 0.6) is 0 Å². The van der Waals surface area contributed by atoms with Crippen LogP contribution >= 0.6 is 0 Å². The molecule has 0 fully saturated rings. The van der Waals surface area contributed by atoms with Gasteiger partial charge in [0, 0.05) is 24.3 Å². The van der Waals surface area contributed by atoms with E-state index in [4.69, 9.17) is 0 Å². The van der Waals surface area contributed by atoms with Crippen molar-refractivity contribution in [1.82, 2.24) is 15.1 Å². The van der Waals surface area contributed by atoms with Crippen molar-refractivity contribution in [3.63, 3.8) is 0 Å². The molecule has 106 valence electrons. The molecule has 1 aromatic carbocycles. The lowest BCUT2D eigenvalue weighted by molar-refractivity contribution is 0.568. The normalized spacial score (nSPS) is 11.1. The minimum atomic E-state index is -0.0143. The highest BCUT2D eigenvalue weighted by Crippen LogP contribution is 2.10. The number of aryl methyl sites for hydroxylation is 2. The van der Waals surface area contributed by atoms with Crippen molar-refractivity contribution in [2.24, 2.45) is 0 Å². The van der Waals surface area contributed by atoms with Crippen molar-refractivity contribution >= 4 is 0 Å². The lowest BCUT2D eigenvalue weighted by Crippen LogP contribution is -2.28. The Morgan fingerprint density at radius 3 is 2.65 bits per heavy atom. The maximum atomic E-state index is 12.0. The summed E-state index contributed by atoms with van der Waals surface area (Å²) in [6.45, 7) is 8.53. The van der Waals surface area contributed by atoms with E-state index in [9.17, 15) is 4.79 Å². The van der Waals surface area contributed by atoms with Gasteiger partial charge >= 0.3 is 0 Å². The fraction of sp³-hybridized carbons (Fsp3) is 0.375.